The third-order valence-electron chi connectivity index (χ3n) is 5.42. The van der Waals surface area contributed by atoms with Gasteiger partial charge in [0.15, 0.2) is 0 Å². The van der Waals surface area contributed by atoms with Gasteiger partial charge >= 0.3 is 5.95 Å². The molecule has 0 aliphatic heterocycles. The molecule has 0 unspecified atom stereocenters. The molecule has 3 rings (SSSR count). The maximum atomic E-state index is 12.1. The molecule has 0 radical (unpaired) electrons. The standard InChI is InChI=1S/C24H32BrN3O/c1-2-3-4-5-6-7-8-11-16-28-22-13-10-9-12-21(22)27-24(28)26-18-19-17-20(25)14-15-23(19)29/h9-10,12-15,17H,2-8,11,16,18H2,1H3,(H2,26,27,29). The van der Waals surface area contributed by atoms with Crippen molar-refractivity contribution in [1.29, 1.82) is 0 Å². The second-order valence-electron chi connectivity index (χ2n) is 7.72. The molecule has 0 atom stereocenters. The van der Waals surface area contributed by atoms with E-state index >= 15 is 0 Å². The molecule has 1 aromatic heterocycles. The highest BCUT2D eigenvalue weighted by atomic mass is 79.9. The first-order chi connectivity index (χ1) is 14.2. The minimum atomic E-state index is 0.0615. The highest BCUT2D eigenvalue weighted by Crippen LogP contribution is 2.21. The molecule has 0 fully saturated rings. The van der Waals surface area contributed by atoms with Crippen LogP contribution in [0, 0.1) is 0 Å². The van der Waals surface area contributed by atoms with E-state index in [2.05, 4.69) is 55.9 Å². The van der Waals surface area contributed by atoms with Crippen molar-refractivity contribution in [3.63, 3.8) is 0 Å². The number of hydrogen-bond donors (Lipinski definition) is 2. The Bertz CT molecular complexity index is 906. The lowest BCUT2D eigenvalue weighted by Gasteiger charge is -2.12. The van der Waals surface area contributed by atoms with Crippen LogP contribution in [0.5, 0.6) is 5.75 Å². The number of rotatable bonds is 12. The second-order valence-corrected chi connectivity index (χ2v) is 8.64. The molecule has 4 nitrogen and oxygen atoms in total. The molecule has 29 heavy (non-hydrogen) atoms. The lowest BCUT2D eigenvalue weighted by molar-refractivity contribution is -0.657. The number of H-pyrrole nitrogens is 1. The van der Waals surface area contributed by atoms with E-state index in [0.29, 0.717) is 6.54 Å². The van der Waals surface area contributed by atoms with Gasteiger partial charge in [0.05, 0.1) is 13.1 Å². The van der Waals surface area contributed by atoms with Gasteiger partial charge in [-0.1, -0.05) is 86.0 Å². The Kier molecular flexibility index (Phi) is 8.41. The molecule has 0 bridgehead atoms. The molecule has 2 N–H and O–H groups in total. The lowest BCUT2D eigenvalue weighted by Crippen LogP contribution is -2.36. The summed E-state index contributed by atoms with van der Waals surface area (Å²) in [5, 5.41) is 15.6. The number of para-hydroxylation sites is 2. The molecule has 1 heterocycles. The Balaban J connectivity index is 1.61. The Labute approximate surface area is 182 Å². The summed E-state index contributed by atoms with van der Waals surface area (Å²) in [4.78, 5) is 3.48. The van der Waals surface area contributed by atoms with Crippen LogP contribution in [0.4, 0.5) is 5.95 Å². The fraction of sp³-hybridized carbons (Fsp3) is 0.458. The van der Waals surface area contributed by atoms with Crippen molar-refractivity contribution in [2.24, 2.45) is 0 Å². The van der Waals surface area contributed by atoms with Gasteiger partial charge < -0.3 is 5.11 Å². The number of imidazole rings is 1. The number of aromatic amines is 1. The fourth-order valence-corrected chi connectivity index (χ4v) is 4.18. The Hall–Kier alpha value is -2.01. The monoisotopic (exact) mass is 457 g/mol. The molecule has 0 amide bonds. The van der Waals surface area contributed by atoms with E-state index in [4.69, 9.17) is 0 Å². The molecule has 2 aromatic carbocycles. The molecule has 0 saturated heterocycles. The average Bonchev–Trinajstić information content (AvgIpc) is 3.08. The summed E-state index contributed by atoms with van der Waals surface area (Å²) >= 11 is 3.45. The van der Waals surface area contributed by atoms with E-state index in [0.717, 1.165) is 28.0 Å². The van der Waals surface area contributed by atoms with Crippen LogP contribution in [0.2, 0.25) is 0 Å². The average molecular weight is 458 g/mol. The van der Waals surface area contributed by atoms with E-state index < -0.39 is 0 Å². The number of hydrogen-bond acceptors (Lipinski definition) is 2. The van der Waals surface area contributed by atoms with Gasteiger partial charge in [-0.3, -0.25) is 5.32 Å². The lowest BCUT2D eigenvalue weighted by atomic mass is 10.1. The molecule has 3 aromatic rings. The Morgan fingerprint density at radius 2 is 1.69 bits per heavy atom. The van der Waals surface area contributed by atoms with Gasteiger partial charge in [0.1, 0.15) is 11.0 Å². The highest BCUT2D eigenvalue weighted by Gasteiger charge is 2.16. The number of fused-ring (bicyclic) bond motifs is 1. The van der Waals surface area contributed by atoms with Gasteiger partial charge in [-0.2, -0.15) is 0 Å². The van der Waals surface area contributed by atoms with Crippen LogP contribution >= 0.6 is 15.9 Å². The van der Waals surface area contributed by atoms with Crippen molar-refractivity contribution in [2.45, 2.75) is 71.4 Å². The molecule has 156 valence electrons. The summed E-state index contributed by atoms with van der Waals surface area (Å²) in [6.07, 6.45) is 10.5. The SMILES string of the molecule is CCCCCCCCCC[n+]1c(NCc2cc(Br)ccc2[O-])[nH]c2ccccc21. The van der Waals surface area contributed by atoms with E-state index in [1.54, 1.807) is 12.1 Å². The smallest absolute Gasteiger partial charge is 0.356 e. The normalized spacial score (nSPS) is 11.2. The van der Waals surface area contributed by atoms with Crippen LogP contribution in [0.3, 0.4) is 0 Å². The fourth-order valence-electron chi connectivity index (χ4n) is 3.77. The molecular weight excluding hydrogens is 426 g/mol. The largest absolute Gasteiger partial charge is 0.872 e. The summed E-state index contributed by atoms with van der Waals surface area (Å²) in [7, 11) is 0. The van der Waals surface area contributed by atoms with E-state index in [1.165, 1.54) is 56.9 Å². The van der Waals surface area contributed by atoms with Crippen molar-refractivity contribution in [3.05, 3.63) is 52.5 Å². The molecule has 0 aliphatic rings. The van der Waals surface area contributed by atoms with Crippen molar-refractivity contribution in [3.8, 4) is 5.75 Å². The predicted molar refractivity (Wildman–Crippen MR) is 122 cm³/mol. The van der Waals surface area contributed by atoms with Crippen LogP contribution in [-0.4, -0.2) is 4.98 Å². The van der Waals surface area contributed by atoms with Gasteiger partial charge in [0.2, 0.25) is 0 Å². The van der Waals surface area contributed by atoms with Gasteiger partial charge in [-0.25, -0.2) is 9.55 Å². The first kappa shape index (κ1) is 21.7. The number of aromatic nitrogens is 2. The first-order valence-corrected chi connectivity index (χ1v) is 11.7. The van der Waals surface area contributed by atoms with Gasteiger partial charge in [0.25, 0.3) is 0 Å². The Morgan fingerprint density at radius 1 is 0.966 bits per heavy atom. The van der Waals surface area contributed by atoms with Gasteiger partial charge in [-0.15, -0.1) is 5.75 Å². The number of anilines is 1. The maximum absolute atomic E-state index is 12.1. The van der Waals surface area contributed by atoms with Crippen LogP contribution in [0.1, 0.15) is 63.9 Å². The zero-order chi connectivity index (χ0) is 20.5. The summed E-state index contributed by atoms with van der Waals surface area (Å²) in [5.74, 6) is 1.03. The minimum absolute atomic E-state index is 0.0615. The van der Waals surface area contributed by atoms with Crippen molar-refractivity contribution in [2.75, 3.05) is 5.32 Å². The van der Waals surface area contributed by atoms with E-state index in [-0.39, 0.29) is 5.75 Å². The molecule has 5 heteroatoms. The third-order valence-corrected chi connectivity index (χ3v) is 5.92. The van der Waals surface area contributed by atoms with Crippen molar-refractivity contribution in [1.82, 2.24) is 4.98 Å². The molecular formula is C24H32BrN3O. The quantitative estimate of drug-likeness (QED) is 0.257. The predicted octanol–water partition coefficient (Wildman–Crippen LogP) is 6.04. The molecule has 0 saturated carbocycles. The number of nitrogens with zero attached hydrogens (tertiary/aromatic N) is 1. The van der Waals surface area contributed by atoms with Gasteiger partial charge in [0, 0.05) is 4.47 Å². The maximum Gasteiger partial charge on any atom is 0.356 e. The van der Waals surface area contributed by atoms with Crippen LogP contribution in [0.25, 0.3) is 11.0 Å². The van der Waals surface area contributed by atoms with E-state index in [1.807, 2.05) is 12.1 Å². The summed E-state index contributed by atoms with van der Waals surface area (Å²) in [5.41, 5.74) is 3.08. The first-order valence-electron chi connectivity index (χ1n) is 10.9. The third kappa shape index (κ3) is 6.23. The van der Waals surface area contributed by atoms with E-state index in [9.17, 15) is 5.11 Å². The topological polar surface area (TPSA) is 54.8 Å². The number of unbranched alkanes of at least 4 members (excludes halogenated alkanes) is 7. The summed E-state index contributed by atoms with van der Waals surface area (Å²) in [6.45, 7) is 3.74. The summed E-state index contributed by atoms with van der Waals surface area (Å²) < 4.78 is 3.24. The van der Waals surface area contributed by atoms with Crippen LogP contribution < -0.4 is 15.0 Å². The number of halogens is 1. The number of benzene rings is 2. The van der Waals surface area contributed by atoms with Crippen LogP contribution in [-0.2, 0) is 13.1 Å². The van der Waals surface area contributed by atoms with Crippen LogP contribution in [0.15, 0.2) is 46.9 Å². The molecule has 0 aliphatic carbocycles. The Morgan fingerprint density at radius 3 is 2.48 bits per heavy atom. The zero-order valence-corrected chi connectivity index (χ0v) is 18.9. The summed E-state index contributed by atoms with van der Waals surface area (Å²) in [6, 6.07) is 13.7. The highest BCUT2D eigenvalue weighted by molar-refractivity contribution is 9.10. The minimum Gasteiger partial charge on any atom is -0.872 e. The number of nitrogens with one attached hydrogen (secondary N) is 2. The van der Waals surface area contributed by atoms with Gasteiger partial charge in [-0.05, 0) is 36.2 Å². The van der Waals surface area contributed by atoms with Crippen molar-refractivity contribution >= 4 is 32.9 Å². The zero-order valence-electron chi connectivity index (χ0n) is 17.3. The molecule has 0 spiro atoms. The second kappa shape index (κ2) is 11.2. The van der Waals surface area contributed by atoms with Crippen molar-refractivity contribution < 1.29 is 9.67 Å². The number of aryl methyl sites for hydroxylation is 1.